The van der Waals surface area contributed by atoms with Crippen LogP contribution in [0.1, 0.15) is 25.0 Å². The lowest BCUT2D eigenvalue weighted by Crippen LogP contribution is -2.39. The van der Waals surface area contributed by atoms with Crippen molar-refractivity contribution in [2.75, 3.05) is 19.0 Å². The lowest BCUT2D eigenvalue weighted by molar-refractivity contribution is -0.512. The molecule has 1 aliphatic heterocycles. The molecule has 4 heteroatoms. The molecule has 0 aliphatic carbocycles. The summed E-state index contributed by atoms with van der Waals surface area (Å²) in [6, 6.07) is 17.8. The second-order valence-electron chi connectivity index (χ2n) is 6.44. The largest absolute Gasteiger partial charge is 0.714 e. The van der Waals surface area contributed by atoms with Crippen LogP contribution >= 0.6 is 0 Å². The molecular formula is C19H21N3O. The van der Waals surface area contributed by atoms with Gasteiger partial charge in [0, 0.05) is 25.3 Å². The van der Waals surface area contributed by atoms with Gasteiger partial charge in [-0.05, 0) is 43.1 Å². The van der Waals surface area contributed by atoms with Crippen LogP contribution in [0.15, 0.2) is 59.6 Å². The highest BCUT2D eigenvalue weighted by atomic mass is 16.5. The number of hydroxylamine groups is 1. The lowest BCUT2D eigenvalue weighted by Gasteiger charge is -2.23. The molecule has 0 atom stereocenters. The van der Waals surface area contributed by atoms with Gasteiger partial charge in [0.15, 0.2) is 5.54 Å². The van der Waals surface area contributed by atoms with Crippen LogP contribution in [-0.4, -0.2) is 35.9 Å². The highest BCUT2D eigenvalue weighted by Crippen LogP contribution is 2.26. The number of benzene rings is 2. The van der Waals surface area contributed by atoms with Crippen LogP contribution in [0.4, 0.5) is 5.69 Å². The van der Waals surface area contributed by atoms with Gasteiger partial charge in [0.25, 0.3) is 0 Å². The SMILES string of the molecule is CN(C)c1ccc(C2=[N+]([O-])C(C)(C)C(c3ccccc3)=N2)cc1. The van der Waals surface area contributed by atoms with Gasteiger partial charge in [0.2, 0.25) is 5.71 Å². The molecule has 0 unspecified atom stereocenters. The first-order valence-corrected chi connectivity index (χ1v) is 7.68. The molecule has 0 radical (unpaired) electrons. The monoisotopic (exact) mass is 307 g/mol. The third-order valence-corrected chi connectivity index (χ3v) is 4.19. The summed E-state index contributed by atoms with van der Waals surface area (Å²) in [5.41, 5.74) is 3.04. The minimum atomic E-state index is -0.684. The van der Waals surface area contributed by atoms with Crippen LogP contribution in [0.3, 0.4) is 0 Å². The zero-order valence-corrected chi connectivity index (χ0v) is 13.9. The van der Waals surface area contributed by atoms with E-state index < -0.39 is 5.54 Å². The van der Waals surface area contributed by atoms with E-state index in [9.17, 15) is 5.21 Å². The van der Waals surface area contributed by atoms with Crippen molar-refractivity contribution in [3.05, 3.63) is 70.9 Å². The van der Waals surface area contributed by atoms with Gasteiger partial charge < -0.3 is 10.1 Å². The van der Waals surface area contributed by atoms with Gasteiger partial charge in [-0.15, -0.1) is 0 Å². The Bertz CT molecular complexity index is 772. The zero-order valence-electron chi connectivity index (χ0n) is 13.9. The molecule has 0 aromatic heterocycles. The molecule has 0 saturated heterocycles. The molecule has 1 heterocycles. The van der Waals surface area contributed by atoms with Gasteiger partial charge >= 0.3 is 5.84 Å². The van der Waals surface area contributed by atoms with E-state index in [0.29, 0.717) is 5.84 Å². The van der Waals surface area contributed by atoms with Crippen LogP contribution in [0.5, 0.6) is 0 Å². The Hall–Kier alpha value is -2.62. The maximum Gasteiger partial charge on any atom is 0.329 e. The Labute approximate surface area is 137 Å². The first-order chi connectivity index (χ1) is 10.9. The van der Waals surface area contributed by atoms with Crippen molar-refractivity contribution < 1.29 is 4.74 Å². The van der Waals surface area contributed by atoms with Crippen molar-refractivity contribution in [2.45, 2.75) is 19.4 Å². The van der Waals surface area contributed by atoms with Gasteiger partial charge in [0.05, 0.1) is 5.56 Å². The summed E-state index contributed by atoms with van der Waals surface area (Å²) in [5.74, 6) is 0.471. The predicted octanol–water partition coefficient (Wildman–Crippen LogP) is 3.29. The molecule has 0 amide bonds. The van der Waals surface area contributed by atoms with Crippen LogP contribution in [0.25, 0.3) is 0 Å². The highest BCUT2D eigenvalue weighted by Gasteiger charge is 2.43. The Morgan fingerprint density at radius 3 is 2.09 bits per heavy atom. The van der Waals surface area contributed by atoms with Crippen molar-refractivity contribution in [2.24, 2.45) is 4.99 Å². The van der Waals surface area contributed by atoms with E-state index >= 15 is 0 Å². The maximum absolute atomic E-state index is 12.8. The number of aliphatic imine (C=N–C) groups is 1. The van der Waals surface area contributed by atoms with E-state index in [1.165, 1.54) is 0 Å². The molecule has 3 rings (SSSR count). The third kappa shape index (κ3) is 2.61. The van der Waals surface area contributed by atoms with Gasteiger partial charge in [-0.1, -0.05) is 30.3 Å². The standard InChI is InChI=1S/C19H21N3O/c1-19(2)17(14-8-6-5-7-9-14)20-18(22(19)23)15-10-12-16(13-11-15)21(3)4/h5-13H,1-4H3. The zero-order chi connectivity index (χ0) is 16.6. The van der Waals surface area contributed by atoms with Crippen molar-refractivity contribution in [1.82, 2.24) is 0 Å². The topological polar surface area (TPSA) is 41.7 Å². The predicted molar refractivity (Wildman–Crippen MR) is 95.6 cm³/mol. The molecule has 1 aliphatic rings. The third-order valence-electron chi connectivity index (χ3n) is 4.19. The number of anilines is 1. The van der Waals surface area contributed by atoms with Crippen LogP contribution in [0.2, 0.25) is 0 Å². The molecule has 0 bridgehead atoms. The summed E-state index contributed by atoms with van der Waals surface area (Å²) in [6.07, 6.45) is 0. The van der Waals surface area contributed by atoms with Crippen molar-refractivity contribution in [1.29, 1.82) is 0 Å². The van der Waals surface area contributed by atoms with E-state index in [1.54, 1.807) is 0 Å². The Kier molecular flexibility index (Phi) is 3.68. The summed E-state index contributed by atoms with van der Waals surface area (Å²) in [4.78, 5) is 6.70. The molecule has 4 nitrogen and oxygen atoms in total. The van der Waals surface area contributed by atoms with Gasteiger partial charge in [0.1, 0.15) is 0 Å². The molecule has 2 aromatic rings. The first-order valence-electron chi connectivity index (χ1n) is 7.68. The summed E-state index contributed by atoms with van der Waals surface area (Å²) in [5, 5.41) is 12.8. The number of nitrogens with zero attached hydrogens (tertiary/aromatic N) is 3. The molecule has 0 saturated carbocycles. The minimum Gasteiger partial charge on any atom is -0.714 e. The average Bonchev–Trinajstić information content (AvgIpc) is 2.79. The number of rotatable bonds is 3. The number of hydrogen-bond acceptors (Lipinski definition) is 3. The fourth-order valence-electron chi connectivity index (χ4n) is 2.75. The van der Waals surface area contributed by atoms with E-state index in [2.05, 4.69) is 4.99 Å². The summed E-state index contributed by atoms with van der Waals surface area (Å²) in [7, 11) is 3.98. The van der Waals surface area contributed by atoms with Crippen LogP contribution in [0, 0.1) is 5.21 Å². The molecule has 0 N–H and O–H groups in total. The summed E-state index contributed by atoms with van der Waals surface area (Å²) in [6.45, 7) is 3.82. The molecule has 0 spiro atoms. The number of hydrogen-bond donors (Lipinski definition) is 0. The molecule has 0 fully saturated rings. The average molecular weight is 307 g/mol. The fourth-order valence-corrected chi connectivity index (χ4v) is 2.75. The van der Waals surface area contributed by atoms with Crippen molar-refractivity contribution in [3.8, 4) is 0 Å². The van der Waals surface area contributed by atoms with Crippen LogP contribution in [-0.2, 0) is 0 Å². The van der Waals surface area contributed by atoms with E-state index in [-0.39, 0.29) is 0 Å². The minimum absolute atomic E-state index is 0.471. The normalized spacial score (nSPS) is 16.4. The van der Waals surface area contributed by atoms with Crippen molar-refractivity contribution >= 4 is 17.2 Å². The summed E-state index contributed by atoms with van der Waals surface area (Å²) < 4.78 is 1.01. The van der Waals surface area contributed by atoms with E-state index in [4.69, 9.17) is 0 Å². The van der Waals surface area contributed by atoms with E-state index in [1.807, 2.05) is 87.4 Å². The second kappa shape index (κ2) is 5.54. The quantitative estimate of drug-likeness (QED) is 0.645. The Balaban J connectivity index is 2.04. The lowest BCUT2D eigenvalue weighted by atomic mass is 9.93. The first kappa shape index (κ1) is 15.3. The Morgan fingerprint density at radius 1 is 0.913 bits per heavy atom. The van der Waals surface area contributed by atoms with Gasteiger partial charge in [-0.3, -0.25) is 4.74 Å². The molecular weight excluding hydrogens is 286 g/mol. The van der Waals surface area contributed by atoms with Gasteiger partial charge in [-0.2, -0.15) is 0 Å². The number of amidine groups is 1. The van der Waals surface area contributed by atoms with E-state index in [0.717, 1.165) is 27.3 Å². The highest BCUT2D eigenvalue weighted by molar-refractivity contribution is 6.17. The molecule has 23 heavy (non-hydrogen) atoms. The van der Waals surface area contributed by atoms with Crippen LogP contribution < -0.4 is 4.90 Å². The molecule has 118 valence electrons. The smallest absolute Gasteiger partial charge is 0.329 e. The van der Waals surface area contributed by atoms with Gasteiger partial charge in [-0.25, -0.2) is 0 Å². The maximum atomic E-state index is 12.8. The molecule has 2 aromatic carbocycles. The fraction of sp³-hybridized carbons (Fsp3) is 0.263. The summed E-state index contributed by atoms with van der Waals surface area (Å²) >= 11 is 0. The van der Waals surface area contributed by atoms with Crippen molar-refractivity contribution in [3.63, 3.8) is 0 Å². The Morgan fingerprint density at radius 2 is 1.52 bits per heavy atom. The second-order valence-corrected chi connectivity index (χ2v) is 6.44.